The number of nitrogens with two attached hydrogens (primary N) is 1. The highest BCUT2D eigenvalue weighted by Gasteiger charge is 2.21. The van der Waals surface area contributed by atoms with Gasteiger partial charge in [-0.1, -0.05) is 0 Å². The second-order valence-electron chi connectivity index (χ2n) is 3.14. The van der Waals surface area contributed by atoms with Crippen molar-refractivity contribution in [3.05, 3.63) is 0 Å². The predicted molar refractivity (Wildman–Crippen MR) is 45.4 cm³/mol. The minimum atomic E-state index is 0.299. The molecule has 0 amide bonds. The zero-order valence-corrected chi connectivity index (χ0v) is 7.00. The predicted octanol–water partition coefficient (Wildman–Crippen LogP) is -0.208. The third-order valence-corrected chi connectivity index (χ3v) is 2.37. The van der Waals surface area contributed by atoms with Crippen LogP contribution in [0.4, 0.5) is 0 Å². The summed E-state index contributed by atoms with van der Waals surface area (Å²) in [6.07, 6.45) is 3.39. The van der Waals surface area contributed by atoms with E-state index in [4.69, 9.17) is 10.8 Å². The van der Waals surface area contributed by atoms with Crippen LogP contribution < -0.4 is 5.73 Å². The van der Waals surface area contributed by atoms with E-state index in [0.717, 1.165) is 19.5 Å². The molecular weight excluding hydrogens is 140 g/mol. The van der Waals surface area contributed by atoms with E-state index >= 15 is 0 Å². The number of aliphatic hydroxyl groups excluding tert-OH is 1. The van der Waals surface area contributed by atoms with Crippen LogP contribution in [0.15, 0.2) is 0 Å². The molecule has 0 aromatic carbocycles. The maximum Gasteiger partial charge on any atom is 0.0443 e. The van der Waals surface area contributed by atoms with E-state index in [0.29, 0.717) is 12.6 Å². The molecule has 11 heavy (non-hydrogen) atoms. The fraction of sp³-hybridized carbons (Fsp3) is 1.00. The molecule has 1 saturated heterocycles. The van der Waals surface area contributed by atoms with E-state index in [9.17, 15) is 0 Å². The minimum absolute atomic E-state index is 0.299. The van der Waals surface area contributed by atoms with Crippen molar-refractivity contribution in [3.8, 4) is 0 Å². The van der Waals surface area contributed by atoms with Crippen LogP contribution in [-0.2, 0) is 0 Å². The van der Waals surface area contributed by atoms with Crippen LogP contribution >= 0.6 is 0 Å². The number of hydrogen-bond donors (Lipinski definition) is 2. The maximum absolute atomic E-state index is 8.63. The Morgan fingerprint density at radius 2 is 2.36 bits per heavy atom. The number of aliphatic hydroxyl groups is 1. The average Bonchev–Trinajstić information content (AvgIpc) is 2.47. The minimum Gasteiger partial charge on any atom is -0.396 e. The van der Waals surface area contributed by atoms with Gasteiger partial charge in [0.05, 0.1) is 0 Å². The number of rotatable bonds is 4. The van der Waals surface area contributed by atoms with Crippen LogP contribution in [0.3, 0.4) is 0 Å². The molecule has 0 unspecified atom stereocenters. The first-order valence-corrected chi connectivity index (χ1v) is 4.43. The summed E-state index contributed by atoms with van der Waals surface area (Å²) in [4.78, 5) is 2.39. The van der Waals surface area contributed by atoms with Crippen LogP contribution in [0.2, 0.25) is 0 Å². The van der Waals surface area contributed by atoms with Gasteiger partial charge < -0.3 is 10.8 Å². The summed E-state index contributed by atoms with van der Waals surface area (Å²) in [5, 5.41) is 8.63. The topological polar surface area (TPSA) is 49.5 Å². The molecule has 0 aliphatic carbocycles. The van der Waals surface area contributed by atoms with Crippen molar-refractivity contribution in [2.75, 3.05) is 26.2 Å². The van der Waals surface area contributed by atoms with Gasteiger partial charge in [-0.15, -0.1) is 0 Å². The van der Waals surface area contributed by atoms with Gasteiger partial charge in [0, 0.05) is 25.7 Å². The Morgan fingerprint density at radius 1 is 1.55 bits per heavy atom. The van der Waals surface area contributed by atoms with Crippen LogP contribution in [0.1, 0.15) is 19.3 Å². The van der Waals surface area contributed by atoms with Crippen molar-refractivity contribution in [2.24, 2.45) is 5.73 Å². The third-order valence-electron chi connectivity index (χ3n) is 2.37. The summed E-state index contributed by atoms with van der Waals surface area (Å²) in [7, 11) is 0. The summed E-state index contributed by atoms with van der Waals surface area (Å²) in [6.45, 7) is 3.25. The molecule has 3 N–H and O–H groups in total. The zero-order valence-electron chi connectivity index (χ0n) is 7.00. The van der Waals surface area contributed by atoms with Crippen molar-refractivity contribution >= 4 is 0 Å². The van der Waals surface area contributed by atoms with E-state index in [1.807, 2.05) is 0 Å². The highest BCUT2D eigenvalue weighted by atomic mass is 16.3. The van der Waals surface area contributed by atoms with Gasteiger partial charge >= 0.3 is 0 Å². The van der Waals surface area contributed by atoms with Gasteiger partial charge in [0.25, 0.3) is 0 Å². The third kappa shape index (κ3) is 2.43. The average molecular weight is 158 g/mol. The Hall–Kier alpha value is -0.120. The molecule has 3 nitrogen and oxygen atoms in total. The Bertz CT molecular complexity index is 108. The molecular formula is C8H18N2O. The molecule has 0 bridgehead atoms. The van der Waals surface area contributed by atoms with Crippen molar-refractivity contribution < 1.29 is 5.11 Å². The van der Waals surface area contributed by atoms with Gasteiger partial charge in [0.15, 0.2) is 0 Å². The molecule has 0 spiro atoms. The second-order valence-corrected chi connectivity index (χ2v) is 3.14. The Morgan fingerprint density at radius 3 is 3.00 bits per heavy atom. The molecule has 0 radical (unpaired) electrons. The quantitative estimate of drug-likeness (QED) is 0.595. The lowest BCUT2D eigenvalue weighted by Crippen LogP contribution is -2.36. The van der Waals surface area contributed by atoms with Crippen molar-refractivity contribution in [3.63, 3.8) is 0 Å². The molecule has 1 aliphatic heterocycles. The summed E-state index contributed by atoms with van der Waals surface area (Å²) in [5.41, 5.74) is 5.59. The molecule has 0 saturated carbocycles. The van der Waals surface area contributed by atoms with E-state index in [2.05, 4.69) is 4.90 Å². The van der Waals surface area contributed by atoms with E-state index in [-0.39, 0.29) is 0 Å². The Balaban J connectivity index is 2.20. The lowest BCUT2D eigenvalue weighted by atomic mass is 10.2. The molecule has 66 valence electrons. The monoisotopic (exact) mass is 158 g/mol. The Kier molecular flexibility index (Phi) is 3.83. The zero-order chi connectivity index (χ0) is 8.10. The van der Waals surface area contributed by atoms with Crippen molar-refractivity contribution in [1.29, 1.82) is 0 Å². The highest BCUT2D eigenvalue weighted by Crippen LogP contribution is 2.15. The van der Waals surface area contributed by atoms with Gasteiger partial charge in [0.1, 0.15) is 0 Å². The van der Waals surface area contributed by atoms with Crippen LogP contribution in [0, 0.1) is 0 Å². The van der Waals surface area contributed by atoms with Gasteiger partial charge in [-0.3, -0.25) is 4.90 Å². The van der Waals surface area contributed by atoms with Gasteiger partial charge in [-0.05, 0) is 25.8 Å². The molecule has 1 aliphatic rings. The number of likely N-dealkylation sites (tertiary alicyclic amines) is 1. The van der Waals surface area contributed by atoms with Gasteiger partial charge in [0.2, 0.25) is 0 Å². The Labute approximate surface area is 68.2 Å². The summed E-state index contributed by atoms with van der Waals surface area (Å²) in [5.74, 6) is 0. The first kappa shape index (κ1) is 8.97. The molecule has 1 fully saturated rings. The summed E-state index contributed by atoms with van der Waals surface area (Å²) < 4.78 is 0. The van der Waals surface area contributed by atoms with Crippen LogP contribution in [0.25, 0.3) is 0 Å². The fourth-order valence-corrected chi connectivity index (χ4v) is 1.73. The molecule has 1 heterocycles. The standard InChI is InChI=1S/C8H18N2O/c9-7-8-3-1-4-10(8)5-2-6-11/h8,11H,1-7,9H2/t8-/m0/s1. The first-order valence-electron chi connectivity index (χ1n) is 4.43. The largest absolute Gasteiger partial charge is 0.396 e. The smallest absolute Gasteiger partial charge is 0.0443 e. The van der Waals surface area contributed by atoms with Gasteiger partial charge in [-0.25, -0.2) is 0 Å². The first-order chi connectivity index (χ1) is 5.38. The SMILES string of the molecule is NC[C@@H]1CCCN1CCCO. The molecule has 0 aromatic rings. The van der Waals surface area contributed by atoms with E-state index < -0.39 is 0 Å². The second kappa shape index (κ2) is 4.70. The number of hydrogen-bond acceptors (Lipinski definition) is 3. The van der Waals surface area contributed by atoms with Crippen LogP contribution in [0.5, 0.6) is 0 Å². The van der Waals surface area contributed by atoms with E-state index in [1.165, 1.54) is 19.4 Å². The normalized spacial score (nSPS) is 26.2. The molecule has 0 aromatic heterocycles. The van der Waals surface area contributed by atoms with E-state index in [1.54, 1.807) is 0 Å². The van der Waals surface area contributed by atoms with Gasteiger partial charge in [-0.2, -0.15) is 0 Å². The molecule has 3 heteroatoms. The molecule has 1 rings (SSSR count). The van der Waals surface area contributed by atoms with Crippen molar-refractivity contribution in [1.82, 2.24) is 4.90 Å². The lowest BCUT2D eigenvalue weighted by molar-refractivity contribution is 0.215. The number of nitrogens with zero attached hydrogens (tertiary/aromatic N) is 1. The van der Waals surface area contributed by atoms with Crippen LogP contribution in [-0.4, -0.2) is 42.3 Å². The van der Waals surface area contributed by atoms with Crippen molar-refractivity contribution in [2.45, 2.75) is 25.3 Å². The molecule has 1 atom stereocenters. The highest BCUT2D eigenvalue weighted by molar-refractivity contribution is 4.79. The fourth-order valence-electron chi connectivity index (χ4n) is 1.73. The lowest BCUT2D eigenvalue weighted by Gasteiger charge is -2.22. The summed E-state index contributed by atoms with van der Waals surface area (Å²) in [6, 6.07) is 0.585. The summed E-state index contributed by atoms with van der Waals surface area (Å²) >= 11 is 0. The maximum atomic E-state index is 8.63.